The van der Waals surface area contributed by atoms with Gasteiger partial charge in [0.05, 0.1) is 18.6 Å². The number of fused-ring (bicyclic) bond motifs is 2. The van der Waals surface area contributed by atoms with Gasteiger partial charge in [0.1, 0.15) is 0 Å². The molecular formula is C12H19NO3. The smallest absolute Gasteiger partial charge is 0.303 e. The molecule has 2 unspecified atom stereocenters. The predicted octanol–water partition coefficient (Wildman–Crippen LogP) is 1.10. The molecule has 2 bridgehead atoms. The number of likely N-dealkylation sites (tertiary alicyclic amines) is 1. The summed E-state index contributed by atoms with van der Waals surface area (Å²) < 4.78 is 5.79. The molecule has 1 N–H and O–H groups in total. The van der Waals surface area contributed by atoms with Crippen molar-refractivity contribution in [2.75, 3.05) is 19.6 Å². The number of ether oxygens (including phenoxy) is 1. The van der Waals surface area contributed by atoms with Gasteiger partial charge in [-0.15, -0.1) is 0 Å². The largest absolute Gasteiger partial charge is 0.481 e. The maximum Gasteiger partial charge on any atom is 0.303 e. The average Bonchev–Trinajstić information content (AvgIpc) is 2.84. The number of carbonyl (C=O) groups is 1. The van der Waals surface area contributed by atoms with Gasteiger partial charge in [-0.05, 0) is 31.1 Å². The van der Waals surface area contributed by atoms with E-state index in [1.165, 1.54) is 12.8 Å². The lowest BCUT2D eigenvalue weighted by Gasteiger charge is -2.34. The SMILES string of the molecule is O=C(O)CC1(CN2CC3CCC(C2)O3)CC1. The van der Waals surface area contributed by atoms with E-state index in [0.717, 1.165) is 32.5 Å². The van der Waals surface area contributed by atoms with Crippen LogP contribution >= 0.6 is 0 Å². The van der Waals surface area contributed by atoms with Crippen LogP contribution in [0.1, 0.15) is 32.1 Å². The number of carboxylic acid groups (broad SMARTS) is 1. The van der Waals surface area contributed by atoms with Crippen molar-refractivity contribution < 1.29 is 14.6 Å². The maximum atomic E-state index is 10.8. The number of morpholine rings is 1. The molecule has 3 fully saturated rings. The Morgan fingerprint density at radius 1 is 1.31 bits per heavy atom. The lowest BCUT2D eigenvalue weighted by atomic mass is 10.0. The van der Waals surface area contributed by atoms with Crippen LogP contribution in [-0.2, 0) is 9.53 Å². The standard InChI is InChI=1S/C12H19NO3/c14-11(15)5-12(3-4-12)8-13-6-9-1-2-10(7-13)16-9/h9-10H,1-8H2,(H,14,15). The van der Waals surface area contributed by atoms with E-state index in [4.69, 9.17) is 9.84 Å². The van der Waals surface area contributed by atoms with Gasteiger partial charge in [-0.25, -0.2) is 0 Å². The number of carboxylic acids is 1. The third-order valence-electron chi connectivity index (χ3n) is 4.16. The third kappa shape index (κ3) is 2.09. The molecule has 90 valence electrons. The zero-order valence-electron chi connectivity index (χ0n) is 9.52. The summed E-state index contributed by atoms with van der Waals surface area (Å²) in [6.07, 6.45) is 5.73. The highest BCUT2D eigenvalue weighted by Gasteiger charge is 2.47. The fourth-order valence-corrected chi connectivity index (χ4v) is 3.19. The van der Waals surface area contributed by atoms with Crippen LogP contribution in [0, 0.1) is 5.41 Å². The number of rotatable bonds is 4. The molecule has 2 atom stereocenters. The molecule has 2 heterocycles. The molecule has 4 nitrogen and oxygen atoms in total. The molecule has 16 heavy (non-hydrogen) atoms. The van der Waals surface area contributed by atoms with Crippen molar-refractivity contribution in [2.24, 2.45) is 5.41 Å². The molecule has 0 aromatic rings. The Bertz CT molecular complexity index is 289. The second-order valence-electron chi connectivity index (χ2n) is 5.72. The van der Waals surface area contributed by atoms with Crippen molar-refractivity contribution in [3.05, 3.63) is 0 Å². The van der Waals surface area contributed by atoms with Crippen LogP contribution in [0.2, 0.25) is 0 Å². The molecule has 0 aromatic heterocycles. The number of hydrogen-bond acceptors (Lipinski definition) is 3. The zero-order chi connectivity index (χ0) is 11.2. The molecule has 1 saturated carbocycles. The van der Waals surface area contributed by atoms with E-state index in [2.05, 4.69) is 4.90 Å². The molecule has 2 aliphatic heterocycles. The molecule has 4 heteroatoms. The van der Waals surface area contributed by atoms with E-state index in [9.17, 15) is 4.79 Å². The van der Waals surface area contributed by atoms with Gasteiger partial charge in [0.2, 0.25) is 0 Å². The van der Waals surface area contributed by atoms with Gasteiger partial charge in [0.15, 0.2) is 0 Å². The second kappa shape index (κ2) is 3.70. The maximum absolute atomic E-state index is 10.8. The summed E-state index contributed by atoms with van der Waals surface area (Å²) in [6.45, 7) is 2.99. The van der Waals surface area contributed by atoms with Crippen LogP contribution in [0.4, 0.5) is 0 Å². The van der Waals surface area contributed by atoms with E-state index in [1.807, 2.05) is 0 Å². The minimum absolute atomic E-state index is 0.0998. The zero-order valence-corrected chi connectivity index (χ0v) is 9.52. The number of hydrogen-bond donors (Lipinski definition) is 1. The van der Waals surface area contributed by atoms with Crippen molar-refractivity contribution in [3.63, 3.8) is 0 Å². The summed E-state index contributed by atoms with van der Waals surface area (Å²) in [5.74, 6) is -0.645. The van der Waals surface area contributed by atoms with E-state index in [0.29, 0.717) is 18.6 Å². The first-order valence-electron chi connectivity index (χ1n) is 6.25. The van der Waals surface area contributed by atoms with Gasteiger partial charge in [-0.3, -0.25) is 9.69 Å². The highest BCUT2D eigenvalue weighted by molar-refractivity contribution is 5.68. The van der Waals surface area contributed by atoms with E-state index < -0.39 is 5.97 Å². The van der Waals surface area contributed by atoms with Crippen LogP contribution < -0.4 is 0 Å². The Balaban J connectivity index is 1.57. The Morgan fingerprint density at radius 2 is 1.94 bits per heavy atom. The first-order chi connectivity index (χ1) is 7.65. The first kappa shape index (κ1) is 10.5. The minimum Gasteiger partial charge on any atom is -0.481 e. The van der Waals surface area contributed by atoms with E-state index in [-0.39, 0.29) is 5.41 Å². The van der Waals surface area contributed by atoms with Crippen LogP contribution in [-0.4, -0.2) is 47.8 Å². The van der Waals surface area contributed by atoms with Gasteiger partial charge >= 0.3 is 5.97 Å². The van der Waals surface area contributed by atoms with Gasteiger partial charge in [-0.1, -0.05) is 0 Å². The first-order valence-corrected chi connectivity index (χ1v) is 6.25. The van der Waals surface area contributed by atoms with Crippen LogP contribution in [0.3, 0.4) is 0 Å². The molecular weight excluding hydrogens is 206 g/mol. The molecule has 0 spiro atoms. The highest BCUT2D eigenvalue weighted by atomic mass is 16.5. The molecule has 3 aliphatic rings. The molecule has 0 amide bonds. The monoisotopic (exact) mass is 225 g/mol. The normalized spacial score (nSPS) is 36.2. The lowest BCUT2D eigenvalue weighted by molar-refractivity contribution is -0.138. The summed E-state index contributed by atoms with van der Waals surface area (Å²) in [5, 5.41) is 8.89. The van der Waals surface area contributed by atoms with Gasteiger partial charge in [0.25, 0.3) is 0 Å². The van der Waals surface area contributed by atoms with Crippen molar-refractivity contribution in [3.8, 4) is 0 Å². The molecule has 3 rings (SSSR count). The highest BCUT2D eigenvalue weighted by Crippen LogP contribution is 2.49. The average molecular weight is 225 g/mol. The Hall–Kier alpha value is -0.610. The summed E-state index contributed by atoms with van der Waals surface area (Å²) in [7, 11) is 0. The summed E-state index contributed by atoms with van der Waals surface area (Å²) in [4.78, 5) is 13.2. The summed E-state index contributed by atoms with van der Waals surface area (Å²) in [5.41, 5.74) is 0.0998. The molecule has 0 aromatic carbocycles. The summed E-state index contributed by atoms with van der Waals surface area (Å²) >= 11 is 0. The van der Waals surface area contributed by atoms with Crippen molar-refractivity contribution >= 4 is 5.97 Å². The van der Waals surface area contributed by atoms with Crippen molar-refractivity contribution in [2.45, 2.75) is 44.3 Å². The van der Waals surface area contributed by atoms with Crippen molar-refractivity contribution in [1.82, 2.24) is 4.90 Å². The van der Waals surface area contributed by atoms with Crippen LogP contribution in [0.25, 0.3) is 0 Å². The third-order valence-corrected chi connectivity index (χ3v) is 4.16. The Morgan fingerprint density at radius 3 is 2.44 bits per heavy atom. The number of aliphatic carboxylic acids is 1. The lowest BCUT2D eigenvalue weighted by Crippen LogP contribution is -2.45. The van der Waals surface area contributed by atoms with Gasteiger partial charge < -0.3 is 9.84 Å². The fourth-order valence-electron chi connectivity index (χ4n) is 3.19. The Labute approximate surface area is 95.6 Å². The predicted molar refractivity (Wildman–Crippen MR) is 58.3 cm³/mol. The van der Waals surface area contributed by atoms with Gasteiger partial charge in [-0.2, -0.15) is 0 Å². The van der Waals surface area contributed by atoms with Crippen molar-refractivity contribution in [1.29, 1.82) is 0 Å². The van der Waals surface area contributed by atoms with E-state index in [1.54, 1.807) is 0 Å². The van der Waals surface area contributed by atoms with E-state index >= 15 is 0 Å². The molecule has 2 saturated heterocycles. The molecule has 1 aliphatic carbocycles. The summed E-state index contributed by atoms with van der Waals surface area (Å²) in [6, 6.07) is 0. The van der Waals surface area contributed by atoms with Crippen LogP contribution in [0.5, 0.6) is 0 Å². The molecule has 0 radical (unpaired) electrons. The quantitative estimate of drug-likeness (QED) is 0.778. The minimum atomic E-state index is -0.645. The Kier molecular flexibility index (Phi) is 2.44. The second-order valence-corrected chi connectivity index (χ2v) is 5.72. The topological polar surface area (TPSA) is 49.8 Å². The number of nitrogens with zero attached hydrogens (tertiary/aromatic N) is 1. The fraction of sp³-hybridized carbons (Fsp3) is 0.917. The van der Waals surface area contributed by atoms with Gasteiger partial charge in [0, 0.05) is 19.6 Å². The van der Waals surface area contributed by atoms with Crippen LogP contribution in [0.15, 0.2) is 0 Å².